The average molecular weight is 326 g/mol. The van der Waals surface area contributed by atoms with E-state index in [1.807, 2.05) is 18.3 Å². The van der Waals surface area contributed by atoms with Gasteiger partial charge in [-0.15, -0.1) is 0 Å². The number of hydrogen-bond acceptors (Lipinski definition) is 3. The summed E-state index contributed by atoms with van der Waals surface area (Å²) in [6.07, 6.45) is 5.61. The van der Waals surface area contributed by atoms with Gasteiger partial charge in [0, 0.05) is 11.6 Å². The minimum Gasteiger partial charge on any atom is -0.493 e. The first-order chi connectivity index (χ1) is 11.7. The highest BCUT2D eigenvalue weighted by Gasteiger charge is 2.16. The molecule has 0 unspecified atom stereocenters. The number of aryl methyl sites for hydroxylation is 1. The van der Waals surface area contributed by atoms with E-state index >= 15 is 0 Å². The van der Waals surface area contributed by atoms with Gasteiger partial charge in [0.05, 0.1) is 20.7 Å². The van der Waals surface area contributed by atoms with Gasteiger partial charge >= 0.3 is 0 Å². The minimum atomic E-state index is 0.694. The lowest BCUT2D eigenvalue weighted by molar-refractivity contribution is -0.510. The molecule has 5 N–H and O–H groups in total. The Morgan fingerprint density at radius 2 is 2.00 bits per heavy atom. The molecule has 3 rings (SSSR count). The number of rotatable bonds is 6. The summed E-state index contributed by atoms with van der Waals surface area (Å²) in [5, 5.41) is 2.40. The molecule has 7 nitrogen and oxygen atoms in total. The molecule has 0 aliphatic carbocycles. The molecule has 0 spiro atoms. The van der Waals surface area contributed by atoms with Crippen molar-refractivity contribution in [2.24, 2.45) is 12.9 Å². The molecule has 0 radical (unpaired) electrons. The summed E-state index contributed by atoms with van der Waals surface area (Å²) < 4.78 is 9.53. The molecule has 0 fully saturated rings. The van der Waals surface area contributed by atoms with Crippen molar-refractivity contribution < 1.29 is 14.2 Å². The van der Waals surface area contributed by atoms with E-state index < -0.39 is 0 Å². The second-order valence-electron chi connectivity index (χ2n) is 5.41. The molecule has 0 saturated carbocycles. The molecule has 0 aliphatic heterocycles. The zero-order valence-corrected chi connectivity index (χ0v) is 13.8. The first-order valence-electron chi connectivity index (χ1n) is 7.63. The number of nitrogens with one attached hydrogen (secondary N) is 3. The monoisotopic (exact) mass is 326 g/mol. The molecular weight excluding hydrogens is 304 g/mol. The molecule has 0 amide bonds. The van der Waals surface area contributed by atoms with E-state index in [0.717, 1.165) is 22.7 Å². The van der Waals surface area contributed by atoms with Gasteiger partial charge in [-0.05, 0) is 11.6 Å². The lowest BCUT2D eigenvalue weighted by Gasteiger charge is -2.02. The molecule has 1 aromatic carbocycles. The number of nitrogens with zero attached hydrogens (tertiary/aromatic N) is 2. The maximum atomic E-state index is 5.29. The molecule has 2 heterocycles. The quantitative estimate of drug-likeness (QED) is 0.117. The van der Waals surface area contributed by atoms with Crippen LogP contribution >= 0.6 is 0 Å². The summed E-state index contributed by atoms with van der Waals surface area (Å²) >= 11 is 0. The zero-order chi connectivity index (χ0) is 16.9. The number of aromatic nitrogens is 2. The second-order valence-corrected chi connectivity index (χ2v) is 5.41. The Balaban J connectivity index is 1.83. The number of benzene rings is 1. The molecule has 0 saturated heterocycles. The van der Waals surface area contributed by atoms with Crippen molar-refractivity contribution in [1.82, 2.24) is 15.4 Å². The van der Waals surface area contributed by atoms with Crippen molar-refractivity contribution >= 4 is 12.0 Å². The first-order valence-corrected chi connectivity index (χ1v) is 7.63. The molecule has 0 bridgehead atoms. The number of pyridine rings is 1. The van der Waals surface area contributed by atoms with Gasteiger partial charge < -0.3 is 4.74 Å². The first kappa shape index (κ1) is 15.8. The number of fused-ring (bicyclic) bond motifs is 1. The van der Waals surface area contributed by atoms with Gasteiger partial charge in [-0.3, -0.25) is 5.84 Å². The Labute approximate surface area is 140 Å². The van der Waals surface area contributed by atoms with Crippen LogP contribution in [0.3, 0.4) is 0 Å². The minimum absolute atomic E-state index is 0.694. The van der Waals surface area contributed by atoms with Gasteiger partial charge in [0.25, 0.3) is 12.0 Å². The van der Waals surface area contributed by atoms with E-state index in [-0.39, 0.29) is 0 Å². The van der Waals surface area contributed by atoms with Crippen LogP contribution in [0.1, 0.15) is 5.56 Å². The number of hydrazine groups is 2. The van der Waals surface area contributed by atoms with Crippen molar-refractivity contribution in [2.75, 3.05) is 7.11 Å². The van der Waals surface area contributed by atoms with Crippen molar-refractivity contribution in [2.45, 2.75) is 6.54 Å². The summed E-state index contributed by atoms with van der Waals surface area (Å²) in [5.41, 5.74) is 10.4. The molecular formula is C17H22N6O+2. The van der Waals surface area contributed by atoms with E-state index in [0.29, 0.717) is 6.54 Å². The van der Waals surface area contributed by atoms with Crippen molar-refractivity contribution in [1.29, 1.82) is 0 Å². The van der Waals surface area contributed by atoms with Crippen molar-refractivity contribution in [3.8, 4) is 17.0 Å². The van der Waals surface area contributed by atoms with Gasteiger partial charge in [0.2, 0.25) is 0 Å². The SMILES string of the molecule is COc1ccc2n(C)c(-c3ccc(CNNC=[NH+]N)cc3)c[n+]2c1. The van der Waals surface area contributed by atoms with Crippen LogP contribution in [0.5, 0.6) is 5.75 Å². The predicted molar refractivity (Wildman–Crippen MR) is 91.8 cm³/mol. The highest BCUT2D eigenvalue weighted by Crippen LogP contribution is 2.21. The van der Waals surface area contributed by atoms with Crippen LogP contribution in [-0.4, -0.2) is 18.0 Å². The average Bonchev–Trinajstić information content (AvgIpc) is 2.95. The zero-order valence-electron chi connectivity index (χ0n) is 13.8. The van der Waals surface area contributed by atoms with Crippen LogP contribution in [0, 0.1) is 0 Å². The molecule has 0 aliphatic rings. The molecule has 7 heteroatoms. The molecule has 3 aromatic rings. The van der Waals surface area contributed by atoms with Crippen molar-refractivity contribution in [3.05, 3.63) is 54.4 Å². The van der Waals surface area contributed by atoms with E-state index in [2.05, 4.69) is 62.4 Å². The largest absolute Gasteiger partial charge is 0.493 e. The summed E-state index contributed by atoms with van der Waals surface area (Å²) in [6.45, 7) is 0.694. The van der Waals surface area contributed by atoms with E-state index in [1.54, 1.807) is 7.11 Å². The van der Waals surface area contributed by atoms with Crippen LogP contribution in [0.25, 0.3) is 16.9 Å². The lowest BCUT2D eigenvalue weighted by Crippen LogP contribution is -2.79. The van der Waals surface area contributed by atoms with E-state index in [9.17, 15) is 0 Å². The van der Waals surface area contributed by atoms with Gasteiger partial charge in [-0.1, -0.05) is 24.3 Å². The number of methoxy groups -OCH3 is 1. The predicted octanol–water partition coefficient (Wildman–Crippen LogP) is -0.984. The summed E-state index contributed by atoms with van der Waals surface area (Å²) in [7, 11) is 3.74. The Kier molecular flexibility index (Phi) is 4.62. The second kappa shape index (κ2) is 7.01. The third kappa shape index (κ3) is 3.16. The maximum Gasteiger partial charge on any atom is 0.286 e. The Bertz CT molecular complexity index is 853. The summed E-state index contributed by atoms with van der Waals surface area (Å²) in [4.78, 5) is 0. The molecule has 24 heavy (non-hydrogen) atoms. The number of hydrogen-bond donors (Lipinski definition) is 4. The van der Waals surface area contributed by atoms with Crippen LogP contribution in [0.2, 0.25) is 0 Å². The molecule has 2 aromatic heterocycles. The molecule has 124 valence electrons. The highest BCUT2D eigenvalue weighted by atomic mass is 16.5. The maximum absolute atomic E-state index is 5.29. The number of nitrogens with two attached hydrogens (primary N) is 1. The third-order valence-electron chi connectivity index (χ3n) is 3.93. The highest BCUT2D eigenvalue weighted by molar-refractivity contribution is 5.61. The number of imidazole rings is 1. The van der Waals surface area contributed by atoms with Gasteiger partial charge in [-0.25, -0.2) is 9.99 Å². The normalized spacial score (nSPS) is 11.2. The summed E-state index contributed by atoms with van der Waals surface area (Å²) in [5.74, 6) is 5.97. The van der Waals surface area contributed by atoms with Crippen LogP contribution < -0.4 is 30.9 Å². The van der Waals surface area contributed by atoms with Crippen LogP contribution in [-0.2, 0) is 13.6 Å². The summed E-state index contributed by atoms with van der Waals surface area (Å²) in [6, 6.07) is 12.5. The van der Waals surface area contributed by atoms with Gasteiger partial charge in [0.1, 0.15) is 12.4 Å². The Hall–Kier alpha value is -3.06. The molecule has 0 atom stereocenters. The third-order valence-corrected chi connectivity index (χ3v) is 3.93. The number of hydrazone groups is 1. The van der Waals surface area contributed by atoms with Gasteiger partial charge in [-0.2, -0.15) is 14.9 Å². The number of ether oxygens (including phenoxy) is 1. The van der Waals surface area contributed by atoms with E-state index in [1.165, 1.54) is 11.9 Å². The fourth-order valence-electron chi connectivity index (χ4n) is 2.65. The fraction of sp³-hybridized carbons (Fsp3) is 0.176. The lowest BCUT2D eigenvalue weighted by atomic mass is 10.1. The Morgan fingerprint density at radius 3 is 2.71 bits per heavy atom. The van der Waals surface area contributed by atoms with Crippen molar-refractivity contribution in [3.63, 3.8) is 0 Å². The van der Waals surface area contributed by atoms with Crippen LogP contribution in [0.4, 0.5) is 0 Å². The standard InChI is InChI=1S/C17H21N6O/c1-22-16(11-23-10-15(24-2)7-8-17(22)23)14-5-3-13(4-6-14)9-20-21-12-19-18/h3-8,10-12,20H,9,18H2,1-2H3,(H,19,21)/q+1/p+1. The van der Waals surface area contributed by atoms with Gasteiger partial charge in [0.15, 0.2) is 11.4 Å². The smallest absolute Gasteiger partial charge is 0.286 e. The Morgan fingerprint density at radius 1 is 1.21 bits per heavy atom. The van der Waals surface area contributed by atoms with Crippen LogP contribution in [0.15, 0.2) is 48.8 Å². The topological polar surface area (TPSA) is 82.3 Å². The van der Waals surface area contributed by atoms with E-state index in [4.69, 9.17) is 10.6 Å². The fourth-order valence-corrected chi connectivity index (χ4v) is 2.65.